The number of nitrogens with zero attached hydrogens (tertiary/aromatic N) is 2. The lowest BCUT2D eigenvalue weighted by atomic mass is 10.1. The van der Waals surface area contributed by atoms with E-state index in [2.05, 4.69) is 27.3 Å². The minimum Gasteiger partial charge on any atom is -0.488 e. The summed E-state index contributed by atoms with van der Waals surface area (Å²) in [7, 11) is 0. The van der Waals surface area contributed by atoms with Gasteiger partial charge in [0.2, 0.25) is 0 Å². The van der Waals surface area contributed by atoms with Crippen molar-refractivity contribution in [3.63, 3.8) is 0 Å². The Balaban J connectivity index is 1.87. The number of benzene rings is 2. The number of imide groups is 1. The number of nitrogens with one attached hydrogen (secondary N) is 1. The number of halogens is 1. The van der Waals surface area contributed by atoms with E-state index in [9.17, 15) is 19.6 Å². The molecule has 3 amide bonds. The van der Waals surface area contributed by atoms with E-state index < -0.39 is 24.5 Å². The number of urea groups is 1. The summed E-state index contributed by atoms with van der Waals surface area (Å²) in [6, 6.07) is 13.4. The number of aliphatic carboxylic acids is 1. The second-order valence-electron chi connectivity index (χ2n) is 6.01. The number of carbonyl (C=O) groups excluding carboxylic acids is 2. The third-order valence-electron chi connectivity index (χ3n) is 4.05. The molecule has 2 N–H and O–H groups in total. The minimum atomic E-state index is -1.29. The number of hydrogen-bond donors (Lipinski definition) is 2. The van der Waals surface area contributed by atoms with Gasteiger partial charge in [0.05, 0.1) is 11.6 Å². The first-order valence-electron chi connectivity index (χ1n) is 8.35. The number of carboxylic acids is 1. The van der Waals surface area contributed by atoms with Crippen LogP contribution in [0, 0.1) is 11.3 Å². The molecular formula is C20H14BrN3O5. The quantitative estimate of drug-likeness (QED) is 0.510. The Hall–Kier alpha value is -3.64. The molecule has 1 heterocycles. The Morgan fingerprint density at radius 3 is 2.76 bits per heavy atom. The molecule has 2 aromatic carbocycles. The molecule has 1 aliphatic heterocycles. The van der Waals surface area contributed by atoms with Crippen LogP contribution in [0.4, 0.5) is 4.79 Å². The van der Waals surface area contributed by atoms with E-state index in [1.54, 1.807) is 42.5 Å². The molecule has 0 unspecified atom stereocenters. The van der Waals surface area contributed by atoms with Crippen LogP contribution in [-0.4, -0.2) is 34.5 Å². The molecule has 3 rings (SSSR count). The van der Waals surface area contributed by atoms with Gasteiger partial charge in [0.1, 0.15) is 24.6 Å². The number of rotatable bonds is 6. The second kappa shape index (κ2) is 8.58. The van der Waals surface area contributed by atoms with Crippen LogP contribution >= 0.6 is 15.9 Å². The van der Waals surface area contributed by atoms with E-state index in [1.165, 1.54) is 6.08 Å². The van der Waals surface area contributed by atoms with Crippen molar-refractivity contribution in [1.29, 1.82) is 5.26 Å². The molecule has 1 fully saturated rings. The first-order chi connectivity index (χ1) is 13.9. The molecule has 0 saturated carbocycles. The fourth-order valence-electron chi connectivity index (χ4n) is 2.68. The van der Waals surface area contributed by atoms with Crippen molar-refractivity contribution in [1.82, 2.24) is 10.2 Å². The SMILES string of the molecule is N#Cc1ccccc1COc1ccc(Br)cc1/C=C1/NC(=O)N(CC(=O)O)C1=O. The van der Waals surface area contributed by atoms with Gasteiger partial charge in [0.15, 0.2) is 0 Å². The van der Waals surface area contributed by atoms with Crippen molar-refractivity contribution in [3.8, 4) is 11.8 Å². The first-order valence-corrected chi connectivity index (χ1v) is 9.15. The summed E-state index contributed by atoms with van der Waals surface area (Å²) < 4.78 is 6.55. The van der Waals surface area contributed by atoms with Crippen LogP contribution in [0.25, 0.3) is 6.08 Å². The molecule has 0 aromatic heterocycles. The maximum absolute atomic E-state index is 12.3. The van der Waals surface area contributed by atoms with Gasteiger partial charge in [-0.1, -0.05) is 34.1 Å². The Morgan fingerprint density at radius 2 is 2.03 bits per heavy atom. The molecule has 0 bridgehead atoms. The van der Waals surface area contributed by atoms with Gasteiger partial charge in [0.25, 0.3) is 5.91 Å². The highest BCUT2D eigenvalue weighted by molar-refractivity contribution is 9.10. The van der Waals surface area contributed by atoms with Gasteiger partial charge in [-0.3, -0.25) is 9.59 Å². The van der Waals surface area contributed by atoms with Gasteiger partial charge in [-0.05, 0) is 30.3 Å². The van der Waals surface area contributed by atoms with E-state index in [4.69, 9.17) is 9.84 Å². The lowest BCUT2D eigenvalue weighted by Crippen LogP contribution is -2.35. The average molecular weight is 456 g/mol. The van der Waals surface area contributed by atoms with Gasteiger partial charge in [-0.15, -0.1) is 0 Å². The first kappa shape index (κ1) is 20.1. The van der Waals surface area contributed by atoms with Gasteiger partial charge in [0, 0.05) is 15.6 Å². The van der Waals surface area contributed by atoms with Crippen LogP contribution in [0.1, 0.15) is 16.7 Å². The van der Waals surface area contributed by atoms with E-state index in [-0.39, 0.29) is 12.3 Å². The molecule has 1 aliphatic rings. The third kappa shape index (κ3) is 4.62. The lowest BCUT2D eigenvalue weighted by molar-refractivity contribution is -0.140. The molecule has 0 radical (unpaired) electrons. The smallest absolute Gasteiger partial charge is 0.329 e. The predicted octanol–water partition coefficient (Wildman–Crippen LogP) is 2.88. The van der Waals surface area contributed by atoms with Crippen molar-refractivity contribution < 1.29 is 24.2 Å². The van der Waals surface area contributed by atoms with E-state index in [0.29, 0.717) is 31.8 Å². The van der Waals surface area contributed by atoms with Gasteiger partial charge in [-0.25, -0.2) is 9.69 Å². The lowest BCUT2D eigenvalue weighted by Gasteiger charge is -2.11. The maximum atomic E-state index is 12.3. The number of amides is 3. The number of ether oxygens (including phenoxy) is 1. The highest BCUT2D eigenvalue weighted by Crippen LogP contribution is 2.27. The number of hydrogen-bond acceptors (Lipinski definition) is 5. The van der Waals surface area contributed by atoms with Crippen LogP contribution in [0.15, 0.2) is 52.6 Å². The number of carboxylic acid groups (broad SMARTS) is 1. The Kier molecular flexibility index (Phi) is 5.95. The average Bonchev–Trinajstić information content (AvgIpc) is 2.94. The monoisotopic (exact) mass is 455 g/mol. The molecular weight excluding hydrogens is 442 g/mol. The fourth-order valence-corrected chi connectivity index (χ4v) is 3.06. The largest absolute Gasteiger partial charge is 0.488 e. The van der Waals surface area contributed by atoms with E-state index in [0.717, 1.165) is 0 Å². The zero-order chi connectivity index (χ0) is 21.0. The normalized spacial score (nSPS) is 14.6. The van der Waals surface area contributed by atoms with Crippen molar-refractivity contribution in [2.24, 2.45) is 0 Å². The standard InChI is InChI=1S/C20H14BrN3O5/c21-15-5-6-17(29-11-13-4-2-1-3-12(13)9-22)14(7-15)8-16-19(27)24(10-18(25)26)20(28)23-16/h1-8H,10-11H2,(H,23,28)(H,25,26)/b16-8+. The summed E-state index contributed by atoms with van der Waals surface area (Å²) >= 11 is 3.35. The summed E-state index contributed by atoms with van der Waals surface area (Å²) in [5.74, 6) is -1.61. The molecule has 9 heteroatoms. The molecule has 0 aliphatic carbocycles. The molecule has 2 aromatic rings. The molecule has 1 saturated heterocycles. The zero-order valence-electron chi connectivity index (χ0n) is 14.9. The van der Waals surface area contributed by atoms with Crippen LogP contribution in [0.5, 0.6) is 5.75 Å². The summed E-state index contributed by atoms with van der Waals surface area (Å²) in [5.41, 5.74) is 1.63. The minimum absolute atomic E-state index is 0.0587. The van der Waals surface area contributed by atoms with E-state index >= 15 is 0 Å². The van der Waals surface area contributed by atoms with Gasteiger partial charge >= 0.3 is 12.0 Å². The highest BCUT2D eigenvalue weighted by Gasteiger charge is 2.35. The summed E-state index contributed by atoms with van der Waals surface area (Å²) in [6.07, 6.45) is 1.42. The van der Waals surface area contributed by atoms with Crippen LogP contribution in [0.3, 0.4) is 0 Å². The molecule has 8 nitrogen and oxygen atoms in total. The molecule has 29 heavy (non-hydrogen) atoms. The van der Waals surface area contributed by atoms with Crippen LogP contribution in [0.2, 0.25) is 0 Å². The Labute approximate surface area is 174 Å². The van der Waals surface area contributed by atoms with Crippen molar-refractivity contribution in [2.75, 3.05) is 6.54 Å². The summed E-state index contributed by atoms with van der Waals surface area (Å²) in [5, 5.41) is 20.4. The molecule has 0 atom stereocenters. The summed E-state index contributed by atoms with van der Waals surface area (Å²) in [6.45, 7) is -0.595. The Morgan fingerprint density at radius 1 is 1.28 bits per heavy atom. The zero-order valence-corrected chi connectivity index (χ0v) is 16.5. The maximum Gasteiger partial charge on any atom is 0.329 e. The fraction of sp³-hybridized carbons (Fsp3) is 0.100. The number of nitriles is 1. The summed E-state index contributed by atoms with van der Waals surface area (Å²) in [4.78, 5) is 35.7. The molecule has 146 valence electrons. The topological polar surface area (TPSA) is 120 Å². The van der Waals surface area contributed by atoms with E-state index in [1.807, 2.05) is 0 Å². The number of carbonyl (C=O) groups is 3. The third-order valence-corrected chi connectivity index (χ3v) is 4.54. The van der Waals surface area contributed by atoms with Crippen molar-refractivity contribution in [3.05, 3.63) is 69.3 Å². The van der Waals surface area contributed by atoms with Crippen molar-refractivity contribution in [2.45, 2.75) is 6.61 Å². The Bertz CT molecular complexity index is 1070. The van der Waals surface area contributed by atoms with Crippen molar-refractivity contribution >= 4 is 39.9 Å². The van der Waals surface area contributed by atoms with Gasteiger partial charge in [-0.2, -0.15) is 5.26 Å². The molecule has 0 spiro atoms. The van der Waals surface area contributed by atoms with Gasteiger partial charge < -0.3 is 15.2 Å². The predicted molar refractivity (Wildman–Crippen MR) is 105 cm³/mol. The van der Waals surface area contributed by atoms with Crippen LogP contribution in [-0.2, 0) is 16.2 Å². The second-order valence-corrected chi connectivity index (χ2v) is 6.93. The van der Waals surface area contributed by atoms with Crippen LogP contribution < -0.4 is 10.1 Å². The highest BCUT2D eigenvalue weighted by atomic mass is 79.9.